The van der Waals surface area contributed by atoms with Crippen LogP contribution in [-0.4, -0.2) is 35.1 Å². The molecule has 1 unspecified atom stereocenters. The van der Waals surface area contributed by atoms with Gasteiger partial charge < -0.3 is 14.7 Å². The van der Waals surface area contributed by atoms with Gasteiger partial charge in [-0.15, -0.1) is 12.4 Å². The van der Waals surface area contributed by atoms with E-state index < -0.39 is 0 Å². The Hall–Kier alpha value is -1.07. The van der Waals surface area contributed by atoms with Gasteiger partial charge >= 0.3 is 0 Å². The van der Waals surface area contributed by atoms with Crippen molar-refractivity contribution in [2.24, 2.45) is 0 Å². The largest absolute Gasteiger partial charge is 0.361 e. The number of carbonyl (C=O) groups is 1. The molecule has 0 spiro atoms. The van der Waals surface area contributed by atoms with Gasteiger partial charge in [-0.05, 0) is 32.7 Å². The Morgan fingerprint density at radius 1 is 1.63 bits per heavy atom. The van der Waals surface area contributed by atoms with Crippen molar-refractivity contribution < 1.29 is 9.32 Å². The average molecular weight is 288 g/mol. The summed E-state index contributed by atoms with van der Waals surface area (Å²) in [5.41, 5.74) is 0.431. The Morgan fingerprint density at radius 2 is 2.37 bits per heavy atom. The summed E-state index contributed by atoms with van der Waals surface area (Å²) in [5, 5.41) is 7.28. The lowest BCUT2D eigenvalue weighted by molar-refractivity contribution is -0.137. The van der Waals surface area contributed by atoms with E-state index in [0.29, 0.717) is 6.54 Å². The molecule has 0 aliphatic carbocycles. The number of amides is 1. The molecule has 19 heavy (non-hydrogen) atoms. The number of nitrogens with zero attached hydrogens (tertiary/aromatic N) is 2. The Balaban J connectivity index is 0.00000180. The average Bonchev–Trinajstić information content (AvgIpc) is 2.98. The topological polar surface area (TPSA) is 58.4 Å². The molecule has 0 bridgehead atoms. The first-order valence-electron chi connectivity index (χ1n) is 6.50. The molecule has 2 heterocycles. The molecule has 0 aromatic carbocycles. The zero-order valence-corrected chi connectivity index (χ0v) is 12.5. The van der Waals surface area contributed by atoms with Crippen molar-refractivity contribution in [3.8, 4) is 0 Å². The zero-order valence-electron chi connectivity index (χ0n) is 11.7. The number of aryl methyl sites for hydroxylation is 1. The summed E-state index contributed by atoms with van der Waals surface area (Å²) in [7, 11) is 1.82. The van der Waals surface area contributed by atoms with Crippen molar-refractivity contribution in [3.63, 3.8) is 0 Å². The highest BCUT2D eigenvalue weighted by Gasteiger charge is 2.40. The predicted octanol–water partition coefficient (Wildman–Crippen LogP) is 1.90. The fraction of sp³-hybridized carbons (Fsp3) is 0.692. The highest BCUT2D eigenvalue weighted by Crippen LogP contribution is 2.25. The van der Waals surface area contributed by atoms with E-state index in [4.69, 9.17) is 4.52 Å². The maximum Gasteiger partial charge on any atom is 0.242 e. The molecule has 1 atom stereocenters. The molecule has 1 aromatic rings. The minimum Gasteiger partial charge on any atom is -0.361 e. The van der Waals surface area contributed by atoms with Gasteiger partial charge in [-0.1, -0.05) is 12.1 Å². The summed E-state index contributed by atoms with van der Waals surface area (Å²) in [6.07, 6.45) is 2.81. The van der Waals surface area contributed by atoms with Crippen LogP contribution in [0.5, 0.6) is 0 Å². The molecule has 1 amide bonds. The van der Waals surface area contributed by atoms with Gasteiger partial charge in [-0.25, -0.2) is 0 Å². The maximum absolute atomic E-state index is 12.5. The van der Waals surface area contributed by atoms with Crippen molar-refractivity contribution >= 4 is 18.3 Å². The number of aromatic nitrogens is 1. The van der Waals surface area contributed by atoms with Crippen LogP contribution in [0, 0.1) is 6.92 Å². The molecule has 108 valence electrons. The standard InChI is InChI=1S/C13H21N3O2.ClH/c1-4-13(6-5-7-14-13)12(17)16(3)9-11-8-10(2)18-15-11;/h8,14H,4-7,9H2,1-3H3;1H. The van der Waals surface area contributed by atoms with E-state index in [0.717, 1.165) is 37.3 Å². The molecule has 1 aromatic heterocycles. The van der Waals surface area contributed by atoms with Gasteiger partial charge in [-0.3, -0.25) is 4.79 Å². The Bertz CT molecular complexity index is 427. The lowest BCUT2D eigenvalue weighted by Crippen LogP contribution is -2.53. The second-order valence-corrected chi connectivity index (χ2v) is 5.06. The minimum atomic E-state index is -0.368. The highest BCUT2D eigenvalue weighted by molar-refractivity contribution is 5.86. The summed E-state index contributed by atoms with van der Waals surface area (Å²) in [6, 6.07) is 1.87. The molecule has 6 heteroatoms. The van der Waals surface area contributed by atoms with E-state index in [2.05, 4.69) is 17.4 Å². The SMILES string of the molecule is CCC1(C(=O)N(C)Cc2cc(C)on2)CCCN1.Cl. The van der Waals surface area contributed by atoms with Gasteiger partial charge in [0.05, 0.1) is 12.1 Å². The summed E-state index contributed by atoms with van der Waals surface area (Å²) < 4.78 is 5.02. The number of hydrogen-bond donors (Lipinski definition) is 1. The summed E-state index contributed by atoms with van der Waals surface area (Å²) in [4.78, 5) is 14.2. The van der Waals surface area contributed by atoms with Gasteiger partial charge in [0.1, 0.15) is 11.5 Å². The quantitative estimate of drug-likeness (QED) is 0.919. The van der Waals surface area contributed by atoms with Crippen LogP contribution in [0.3, 0.4) is 0 Å². The monoisotopic (exact) mass is 287 g/mol. The third-order valence-electron chi connectivity index (χ3n) is 3.68. The zero-order chi connectivity index (χ0) is 13.2. The van der Waals surface area contributed by atoms with E-state index >= 15 is 0 Å². The molecule has 5 nitrogen and oxygen atoms in total. The highest BCUT2D eigenvalue weighted by atomic mass is 35.5. The van der Waals surface area contributed by atoms with Crippen LogP contribution < -0.4 is 5.32 Å². The van der Waals surface area contributed by atoms with E-state index in [-0.39, 0.29) is 23.9 Å². The fourth-order valence-corrected chi connectivity index (χ4v) is 2.61. The van der Waals surface area contributed by atoms with Crippen molar-refractivity contribution in [3.05, 3.63) is 17.5 Å². The Morgan fingerprint density at radius 3 is 2.84 bits per heavy atom. The third kappa shape index (κ3) is 3.28. The van der Waals surface area contributed by atoms with E-state index in [1.807, 2.05) is 20.0 Å². The number of nitrogens with one attached hydrogen (secondary N) is 1. The number of rotatable bonds is 4. The second kappa shape index (κ2) is 6.39. The molecular formula is C13H22ClN3O2. The number of carbonyl (C=O) groups excluding carboxylic acids is 1. The van der Waals surface area contributed by atoms with Crippen LogP contribution in [0.1, 0.15) is 37.6 Å². The first kappa shape index (κ1) is 16.0. The molecule has 1 fully saturated rings. The van der Waals surface area contributed by atoms with Gasteiger partial charge in [0, 0.05) is 13.1 Å². The van der Waals surface area contributed by atoms with Gasteiger partial charge in [0.15, 0.2) is 0 Å². The van der Waals surface area contributed by atoms with Crippen LogP contribution >= 0.6 is 12.4 Å². The van der Waals surface area contributed by atoms with Crippen LogP contribution in [-0.2, 0) is 11.3 Å². The Labute approximate surface area is 120 Å². The summed E-state index contributed by atoms with van der Waals surface area (Å²) >= 11 is 0. The number of hydrogen-bond acceptors (Lipinski definition) is 4. The maximum atomic E-state index is 12.5. The minimum absolute atomic E-state index is 0. The first-order valence-corrected chi connectivity index (χ1v) is 6.50. The summed E-state index contributed by atoms with van der Waals surface area (Å²) in [6.45, 7) is 5.34. The number of halogens is 1. The van der Waals surface area contributed by atoms with Crippen LogP contribution in [0.15, 0.2) is 10.6 Å². The molecule has 1 aliphatic heterocycles. The number of likely N-dealkylation sites (N-methyl/N-ethyl adjacent to an activating group) is 1. The van der Waals surface area contributed by atoms with Gasteiger partial charge in [-0.2, -0.15) is 0 Å². The molecule has 0 radical (unpaired) electrons. The van der Waals surface area contributed by atoms with Crippen molar-refractivity contribution in [2.45, 2.75) is 45.2 Å². The van der Waals surface area contributed by atoms with Crippen molar-refractivity contribution in [1.29, 1.82) is 0 Å². The smallest absolute Gasteiger partial charge is 0.242 e. The lowest BCUT2D eigenvalue weighted by Gasteiger charge is -2.31. The second-order valence-electron chi connectivity index (χ2n) is 5.06. The Kier molecular flexibility index (Phi) is 5.38. The molecule has 1 aliphatic rings. The van der Waals surface area contributed by atoms with E-state index in [1.54, 1.807) is 4.90 Å². The fourth-order valence-electron chi connectivity index (χ4n) is 2.61. The molecular weight excluding hydrogens is 266 g/mol. The van der Waals surface area contributed by atoms with Crippen LogP contribution in [0.4, 0.5) is 0 Å². The third-order valence-corrected chi connectivity index (χ3v) is 3.68. The van der Waals surface area contributed by atoms with Crippen molar-refractivity contribution in [2.75, 3.05) is 13.6 Å². The van der Waals surface area contributed by atoms with Crippen molar-refractivity contribution in [1.82, 2.24) is 15.4 Å². The van der Waals surface area contributed by atoms with Gasteiger partial charge in [0.25, 0.3) is 0 Å². The normalized spacial score (nSPS) is 22.1. The molecule has 0 saturated carbocycles. The molecule has 2 rings (SSSR count). The first-order chi connectivity index (χ1) is 8.57. The van der Waals surface area contributed by atoms with E-state index in [1.165, 1.54) is 0 Å². The summed E-state index contributed by atoms with van der Waals surface area (Å²) in [5.74, 6) is 0.929. The predicted molar refractivity (Wildman–Crippen MR) is 75.2 cm³/mol. The molecule has 1 saturated heterocycles. The van der Waals surface area contributed by atoms with Crippen LogP contribution in [0.25, 0.3) is 0 Å². The van der Waals surface area contributed by atoms with E-state index in [9.17, 15) is 4.79 Å². The molecule has 1 N–H and O–H groups in total. The lowest BCUT2D eigenvalue weighted by atomic mass is 9.92. The van der Waals surface area contributed by atoms with Crippen LogP contribution in [0.2, 0.25) is 0 Å². The van der Waals surface area contributed by atoms with Gasteiger partial charge in [0.2, 0.25) is 5.91 Å².